The number of hydrogen-bond acceptors (Lipinski definition) is 4. The fraction of sp³-hybridized carbons (Fsp3) is 0.375. The normalized spacial score (nSPS) is 11.6. The number of aryl methyl sites for hydroxylation is 2. The first-order valence-corrected chi connectivity index (χ1v) is 7.83. The highest BCUT2D eigenvalue weighted by Crippen LogP contribution is 2.27. The van der Waals surface area contributed by atoms with Gasteiger partial charge < -0.3 is 20.3 Å². The van der Waals surface area contributed by atoms with E-state index < -0.39 is 0 Å². The number of ether oxygens (including phenoxy) is 1. The molecule has 0 amide bonds. The Morgan fingerprint density at radius 2 is 2.17 bits per heavy atom. The van der Waals surface area contributed by atoms with Crippen LogP contribution in [0.25, 0.3) is 0 Å². The average molecular weight is 337 g/mol. The van der Waals surface area contributed by atoms with E-state index in [4.69, 9.17) is 26.6 Å². The zero-order valence-corrected chi connectivity index (χ0v) is 14.3. The fourth-order valence-corrected chi connectivity index (χ4v) is 2.47. The van der Waals surface area contributed by atoms with Gasteiger partial charge in [0.1, 0.15) is 11.5 Å². The molecule has 0 radical (unpaired) electrons. The zero-order valence-electron chi connectivity index (χ0n) is 13.5. The summed E-state index contributed by atoms with van der Waals surface area (Å²) in [5.41, 5.74) is 8.61. The number of hydrogen-bond donors (Lipinski definition) is 2. The summed E-state index contributed by atoms with van der Waals surface area (Å²) < 4.78 is 10.4. The molecule has 0 saturated heterocycles. The summed E-state index contributed by atoms with van der Waals surface area (Å²) in [6.07, 6.45) is 1.58. The molecule has 0 aliphatic carbocycles. The van der Waals surface area contributed by atoms with E-state index >= 15 is 0 Å². The lowest BCUT2D eigenvalue weighted by atomic mass is 10.1. The van der Waals surface area contributed by atoms with E-state index in [1.165, 1.54) is 0 Å². The molecule has 23 heavy (non-hydrogen) atoms. The van der Waals surface area contributed by atoms with Crippen LogP contribution in [0.1, 0.15) is 30.9 Å². The predicted molar refractivity (Wildman–Crippen MR) is 92.2 cm³/mol. The molecular formula is C16H21ClN4O2. The van der Waals surface area contributed by atoms with Crippen LogP contribution in [0.3, 0.4) is 0 Å². The van der Waals surface area contributed by atoms with Crippen LogP contribution in [0.5, 0.6) is 5.75 Å². The molecule has 0 aliphatic rings. The molecule has 0 bridgehead atoms. The minimum atomic E-state index is 0.302. The van der Waals surface area contributed by atoms with E-state index in [1.807, 2.05) is 19.9 Å². The Hall–Kier alpha value is -2.21. The Labute approximate surface area is 140 Å². The summed E-state index contributed by atoms with van der Waals surface area (Å²) in [6, 6.07) is 5.32. The van der Waals surface area contributed by atoms with Crippen molar-refractivity contribution in [2.45, 2.75) is 33.2 Å². The van der Waals surface area contributed by atoms with Gasteiger partial charge >= 0.3 is 0 Å². The summed E-state index contributed by atoms with van der Waals surface area (Å²) in [7, 11) is 1.57. The SMILES string of the molecule is CCc1noc(CC)c1CN=C(N)Nc1ccc(OC)c(Cl)c1. The zero-order chi connectivity index (χ0) is 16.8. The van der Waals surface area contributed by atoms with Crippen molar-refractivity contribution >= 4 is 23.2 Å². The maximum Gasteiger partial charge on any atom is 0.193 e. The topological polar surface area (TPSA) is 85.7 Å². The summed E-state index contributed by atoms with van der Waals surface area (Å²) >= 11 is 6.08. The van der Waals surface area contributed by atoms with E-state index in [9.17, 15) is 0 Å². The third kappa shape index (κ3) is 4.16. The largest absolute Gasteiger partial charge is 0.495 e. The monoisotopic (exact) mass is 336 g/mol. The smallest absolute Gasteiger partial charge is 0.193 e. The van der Waals surface area contributed by atoms with Gasteiger partial charge in [-0.2, -0.15) is 0 Å². The van der Waals surface area contributed by atoms with Crippen molar-refractivity contribution in [2.24, 2.45) is 10.7 Å². The van der Waals surface area contributed by atoms with Crippen LogP contribution in [-0.2, 0) is 19.4 Å². The molecule has 6 nitrogen and oxygen atoms in total. The summed E-state index contributed by atoms with van der Waals surface area (Å²) in [5.74, 6) is 1.76. The van der Waals surface area contributed by atoms with Crippen LogP contribution in [0.15, 0.2) is 27.7 Å². The van der Waals surface area contributed by atoms with Gasteiger partial charge in [0.05, 0.1) is 24.4 Å². The minimum absolute atomic E-state index is 0.302. The number of guanidine groups is 1. The van der Waals surface area contributed by atoms with Crippen molar-refractivity contribution in [3.63, 3.8) is 0 Å². The van der Waals surface area contributed by atoms with Gasteiger partial charge in [0.2, 0.25) is 0 Å². The predicted octanol–water partition coefficient (Wildman–Crippen LogP) is 3.39. The Balaban J connectivity index is 2.09. The van der Waals surface area contributed by atoms with Crippen LogP contribution >= 0.6 is 11.6 Å². The van der Waals surface area contributed by atoms with Crippen molar-refractivity contribution in [2.75, 3.05) is 12.4 Å². The Morgan fingerprint density at radius 3 is 2.78 bits per heavy atom. The van der Waals surface area contributed by atoms with Gasteiger partial charge in [0.15, 0.2) is 5.96 Å². The highest BCUT2D eigenvalue weighted by atomic mass is 35.5. The van der Waals surface area contributed by atoms with E-state index in [1.54, 1.807) is 19.2 Å². The van der Waals surface area contributed by atoms with Crippen LogP contribution in [-0.4, -0.2) is 18.2 Å². The molecule has 3 N–H and O–H groups in total. The van der Waals surface area contributed by atoms with Gasteiger partial charge in [-0.15, -0.1) is 0 Å². The summed E-state index contributed by atoms with van der Waals surface area (Å²) in [6.45, 7) is 4.48. The second kappa shape index (κ2) is 7.87. The molecule has 0 fully saturated rings. The van der Waals surface area contributed by atoms with Gasteiger partial charge in [-0.25, -0.2) is 4.99 Å². The molecule has 7 heteroatoms. The number of nitrogens with two attached hydrogens (primary N) is 1. The molecule has 0 spiro atoms. The highest BCUT2D eigenvalue weighted by Gasteiger charge is 2.12. The average Bonchev–Trinajstić information content (AvgIpc) is 2.95. The Morgan fingerprint density at radius 1 is 1.39 bits per heavy atom. The lowest BCUT2D eigenvalue weighted by molar-refractivity contribution is 0.380. The van der Waals surface area contributed by atoms with Crippen molar-refractivity contribution in [1.29, 1.82) is 0 Å². The molecule has 0 aliphatic heterocycles. The van der Waals surface area contributed by atoms with Crippen LogP contribution in [0, 0.1) is 0 Å². The molecule has 0 atom stereocenters. The molecule has 1 heterocycles. The molecule has 2 aromatic rings. The highest BCUT2D eigenvalue weighted by molar-refractivity contribution is 6.32. The van der Waals surface area contributed by atoms with Gasteiger partial charge in [-0.1, -0.05) is 30.6 Å². The van der Waals surface area contributed by atoms with Gasteiger partial charge in [0.25, 0.3) is 0 Å². The number of methoxy groups -OCH3 is 1. The first kappa shape index (κ1) is 17.1. The van der Waals surface area contributed by atoms with E-state index in [0.717, 1.165) is 35.5 Å². The number of aromatic nitrogens is 1. The number of aliphatic imine (C=N–C) groups is 1. The van der Waals surface area contributed by atoms with E-state index in [0.29, 0.717) is 23.3 Å². The van der Waals surface area contributed by atoms with Gasteiger partial charge in [-0.05, 0) is 24.6 Å². The van der Waals surface area contributed by atoms with Crippen LogP contribution < -0.4 is 15.8 Å². The lowest BCUT2D eigenvalue weighted by Crippen LogP contribution is -2.22. The van der Waals surface area contributed by atoms with Gasteiger partial charge in [-0.3, -0.25) is 0 Å². The first-order valence-electron chi connectivity index (χ1n) is 7.45. The number of benzene rings is 1. The molecule has 124 valence electrons. The molecule has 1 aromatic heterocycles. The summed E-state index contributed by atoms with van der Waals surface area (Å²) in [4.78, 5) is 4.36. The quantitative estimate of drug-likeness (QED) is 0.623. The molecular weight excluding hydrogens is 316 g/mol. The molecule has 0 saturated carbocycles. The Kier molecular flexibility index (Phi) is 5.87. The fourth-order valence-electron chi connectivity index (χ4n) is 2.21. The third-order valence-corrected chi connectivity index (χ3v) is 3.73. The van der Waals surface area contributed by atoms with E-state index in [-0.39, 0.29) is 0 Å². The first-order chi connectivity index (χ1) is 11.1. The lowest BCUT2D eigenvalue weighted by Gasteiger charge is -2.08. The van der Waals surface area contributed by atoms with Crippen molar-refractivity contribution in [3.8, 4) is 5.75 Å². The third-order valence-electron chi connectivity index (χ3n) is 3.44. The maximum atomic E-state index is 6.08. The van der Waals surface area contributed by atoms with Crippen LogP contribution in [0.4, 0.5) is 5.69 Å². The second-order valence-corrected chi connectivity index (χ2v) is 5.32. The maximum absolute atomic E-state index is 6.08. The van der Waals surface area contributed by atoms with Crippen molar-refractivity contribution in [3.05, 3.63) is 40.2 Å². The second-order valence-electron chi connectivity index (χ2n) is 4.91. The molecule has 1 aromatic carbocycles. The Bertz CT molecular complexity index is 676. The van der Waals surface area contributed by atoms with E-state index in [2.05, 4.69) is 15.5 Å². The minimum Gasteiger partial charge on any atom is -0.495 e. The standard InChI is InChI=1S/C16H21ClN4O2/c1-4-13-11(14(5-2)23-21-13)9-19-16(18)20-10-6-7-15(22-3)12(17)8-10/h6-8H,4-5,9H2,1-3H3,(H3,18,19,20). The summed E-state index contributed by atoms with van der Waals surface area (Å²) in [5, 5.41) is 7.57. The molecule has 2 rings (SSSR count). The number of nitrogens with one attached hydrogen (secondary N) is 1. The van der Waals surface area contributed by atoms with Crippen molar-refractivity contribution in [1.82, 2.24) is 5.16 Å². The number of anilines is 1. The number of rotatable bonds is 6. The van der Waals surface area contributed by atoms with Crippen molar-refractivity contribution < 1.29 is 9.26 Å². The number of halogens is 1. The van der Waals surface area contributed by atoms with Gasteiger partial charge in [0, 0.05) is 17.7 Å². The number of nitrogens with zero attached hydrogens (tertiary/aromatic N) is 2. The van der Waals surface area contributed by atoms with Crippen LogP contribution in [0.2, 0.25) is 5.02 Å². The molecule has 0 unspecified atom stereocenters.